The minimum Gasteiger partial charge on any atom is -0.396 e. The fraction of sp³-hybridized carbons (Fsp3) is 0.389. The van der Waals surface area contributed by atoms with E-state index >= 15 is 0 Å². The van der Waals surface area contributed by atoms with E-state index in [2.05, 4.69) is 26.1 Å². The molecule has 4 rings (SSSR count). The molecule has 9 nitrogen and oxygen atoms in total. The summed E-state index contributed by atoms with van der Waals surface area (Å²) in [7, 11) is 0. The number of nitrogens with zero attached hydrogens (tertiary/aromatic N) is 6. The van der Waals surface area contributed by atoms with Crippen molar-refractivity contribution in [2.75, 3.05) is 19.7 Å². The van der Waals surface area contributed by atoms with Crippen LogP contribution in [-0.4, -0.2) is 60.3 Å². The summed E-state index contributed by atoms with van der Waals surface area (Å²) in [4.78, 5) is 25.5. The Hall–Kier alpha value is -3.25. The zero-order chi connectivity index (χ0) is 18.9. The molecule has 0 atom stereocenters. The van der Waals surface area contributed by atoms with Crippen LogP contribution in [0.2, 0.25) is 0 Å². The minimum atomic E-state index is -0.522. The van der Waals surface area contributed by atoms with Crippen molar-refractivity contribution in [3.8, 4) is 17.3 Å². The molecule has 1 fully saturated rings. The van der Waals surface area contributed by atoms with E-state index in [-0.39, 0.29) is 18.9 Å². The summed E-state index contributed by atoms with van der Waals surface area (Å²) < 4.78 is 1.78. The van der Waals surface area contributed by atoms with E-state index < -0.39 is 5.54 Å². The van der Waals surface area contributed by atoms with Crippen LogP contribution < -0.4 is 0 Å². The molecule has 3 aromatic heterocycles. The largest absolute Gasteiger partial charge is 0.396 e. The standard InChI is InChI=1S/C18H19N7O2/c19-5-4-18(10-24(11-18)15(27)2-1-7-26)25-9-13(8-23-25)16-14-3-6-20-17(14)22-12-21-16/h3,6,8-9,12,26H,1-2,4,7,10-11H2,(H,20,21,22). The number of amides is 1. The van der Waals surface area contributed by atoms with Crippen molar-refractivity contribution in [1.29, 1.82) is 5.26 Å². The van der Waals surface area contributed by atoms with Gasteiger partial charge in [0.2, 0.25) is 5.91 Å². The molecule has 0 radical (unpaired) electrons. The Morgan fingerprint density at radius 1 is 1.41 bits per heavy atom. The van der Waals surface area contributed by atoms with Crippen LogP contribution in [0.3, 0.4) is 0 Å². The first-order chi connectivity index (χ1) is 13.2. The number of hydrogen-bond acceptors (Lipinski definition) is 6. The molecule has 0 spiro atoms. The molecule has 27 heavy (non-hydrogen) atoms. The SMILES string of the molecule is N#CCC1(n2cc(-c3ncnc4[nH]ccc34)cn2)CN(C(=O)CCCO)C1. The van der Waals surface area contributed by atoms with Gasteiger partial charge in [-0.3, -0.25) is 9.48 Å². The maximum Gasteiger partial charge on any atom is 0.222 e. The highest BCUT2D eigenvalue weighted by atomic mass is 16.3. The summed E-state index contributed by atoms with van der Waals surface area (Å²) in [6.07, 6.45) is 7.95. The van der Waals surface area contributed by atoms with Gasteiger partial charge < -0.3 is 15.0 Å². The molecule has 1 aliphatic heterocycles. The first-order valence-electron chi connectivity index (χ1n) is 8.76. The van der Waals surface area contributed by atoms with E-state index in [9.17, 15) is 10.1 Å². The van der Waals surface area contributed by atoms with Gasteiger partial charge in [0.05, 0.1) is 24.4 Å². The summed E-state index contributed by atoms with van der Waals surface area (Å²) >= 11 is 0. The molecular formula is C18H19N7O2. The molecule has 1 amide bonds. The summed E-state index contributed by atoms with van der Waals surface area (Å²) in [6.45, 7) is 0.878. The van der Waals surface area contributed by atoms with Crippen molar-refractivity contribution in [3.63, 3.8) is 0 Å². The zero-order valence-electron chi connectivity index (χ0n) is 14.7. The first kappa shape index (κ1) is 17.2. The van der Waals surface area contributed by atoms with E-state index in [1.165, 1.54) is 6.33 Å². The lowest BCUT2D eigenvalue weighted by molar-refractivity contribution is -0.142. The number of aromatic nitrogens is 5. The van der Waals surface area contributed by atoms with E-state index in [0.717, 1.165) is 22.3 Å². The van der Waals surface area contributed by atoms with E-state index in [1.807, 2.05) is 18.5 Å². The number of rotatable bonds is 6. The maximum atomic E-state index is 12.1. The van der Waals surface area contributed by atoms with Crippen molar-refractivity contribution >= 4 is 16.9 Å². The van der Waals surface area contributed by atoms with Gasteiger partial charge in [0, 0.05) is 49.5 Å². The van der Waals surface area contributed by atoms with Gasteiger partial charge in [0.15, 0.2) is 0 Å². The second-order valence-corrected chi connectivity index (χ2v) is 6.77. The van der Waals surface area contributed by atoms with Crippen LogP contribution >= 0.6 is 0 Å². The number of aliphatic hydroxyl groups is 1. The Kier molecular flexibility index (Phi) is 4.33. The maximum absolute atomic E-state index is 12.1. The molecule has 1 aliphatic rings. The van der Waals surface area contributed by atoms with Gasteiger partial charge in [-0.2, -0.15) is 10.4 Å². The number of H-pyrrole nitrogens is 1. The number of carbonyl (C=O) groups excluding carboxylic acids is 1. The third-order valence-corrected chi connectivity index (χ3v) is 4.98. The molecule has 0 unspecified atom stereocenters. The average molecular weight is 365 g/mol. The topological polar surface area (TPSA) is 124 Å². The average Bonchev–Trinajstić information content (AvgIpc) is 3.31. The monoisotopic (exact) mass is 365 g/mol. The number of nitriles is 1. The Morgan fingerprint density at radius 2 is 2.26 bits per heavy atom. The molecule has 9 heteroatoms. The molecule has 0 saturated carbocycles. The lowest BCUT2D eigenvalue weighted by Crippen LogP contribution is -2.64. The highest BCUT2D eigenvalue weighted by molar-refractivity contribution is 5.90. The van der Waals surface area contributed by atoms with Gasteiger partial charge in [0.25, 0.3) is 0 Å². The van der Waals surface area contributed by atoms with Crippen molar-refractivity contribution < 1.29 is 9.90 Å². The van der Waals surface area contributed by atoms with Gasteiger partial charge >= 0.3 is 0 Å². The predicted octanol–water partition coefficient (Wildman–Crippen LogP) is 1.05. The molecule has 0 aromatic carbocycles. The molecule has 3 aromatic rings. The minimum absolute atomic E-state index is 0.00199. The summed E-state index contributed by atoms with van der Waals surface area (Å²) in [6, 6.07) is 4.13. The van der Waals surface area contributed by atoms with E-state index in [1.54, 1.807) is 15.8 Å². The lowest BCUT2D eigenvalue weighted by atomic mass is 9.86. The van der Waals surface area contributed by atoms with Crippen LogP contribution in [0.4, 0.5) is 0 Å². The van der Waals surface area contributed by atoms with Crippen molar-refractivity contribution in [3.05, 3.63) is 31.0 Å². The Balaban J connectivity index is 1.59. The number of nitrogens with one attached hydrogen (secondary N) is 1. The van der Waals surface area contributed by atoms with Crippen LogP contribution in [0.25, 0.3) is 22.3 Å². The van der Waals surface area contributed by atoms with Gasteiger partial charge in [-0.25, -0.2) is 9.97 Å². The number of fused-ring (bicyclic) bond motifs is 1. The Bertz CT molecular complexity index is 1010. The Morgan fingerprint density at radius 3 is 3.04 bits per heavy atom. The second-order valence-electron chi connectivity index (χ2n) is 6.77. The summed E-state index contributed by atoms with van der Waals surface area (Å²) in [5.41, 5.74) is 1.84. The van der Waals surface area contributed by atoms with E-state index in [4.69, 9.17) is 5.11 Å². The van der Waals surface area contributed by atoms with Crippen molar-refractivity contribution in [2.24, 2.45) is 0 Å². The highest BCUT2D eigenvalue weighted by Gasteiger charge is 2.47. The molecule has 1 saturated heterocycles. The molecule has 138 valence electrons. The zero-order valence-corrected chi connectivity index (χ0v) is 14.7. The fourth-order valence-electron chi connectivity index (χ4n) is 3.52. The van der Waals surface area contributed by atoms with Gasteiger partial charge in [-0.15, -0.1) is 0 Å². The van der Waals surface area contributed by atoms with E-state index in [0.29, 0.717) is 25.9 Å². The third kappa shape index (κ3) is 2.94. The quantitative estimate of drug-likeness (QED) is 0.673. The lowest BCUT2D eigenvalue weighted by Gasteiger charge is -2.49. The molecular weight excluding hydrogens is 346 g/mol. The smallest absolute Gasteiger partial charge is 0.222 e. The van der Waals surface area contributed by atoms with Crippen LogP contribution in [0.1, 0.15) is 19.3 Å². The van der Waals surface area contributed by atoms with Crippen molar-refractivity contribution in [1.82, 2.24) is 29.6 Å². The van der Waals surface area contributed by atoms with Gasteiger partial charge in [0.1, 0.15) is 17.5 Å². The number of aliphatic hydroxyl groups excluding tert-OH is 1. The molecule has 0 bridgehead atoms. The van der Waals surface area contributed by atoms with Crippen LogP contribution in [0.15, 0.2) is 31.0 Å². The third-order valence-electron chi connectivity index (χ3n) is 4.98. The molecule has 0 aliphatic carbocycles. The van der Waals surface area contributed by atoms with Gasteiger partial charge in [-0.1, -0.05) is 0 Å². The molecule has 2 N–H and O–H groups in total. The summed E-state index contributed by atoms with van der Waals surface area (Å²) in [5, 5.41) is 23.5. The summed E-state index contributed by atoms with van der Waals surface area (Å²) in [5.74, 6) is -0.00479. The van der Waals surface area contributed by atoms with Crippen molar-refractivity contribution in [2.45, 2.75) is 24.8 Å². The van der Waals surface area contributed by atoms with Gasteiger partial charge in [-0.05, 0) is 12.5 Å². The van der Waals surface area contributed by atoms with Crippen LogP contribution in [-0.2, 0) is 10.3 Å². The fourth-order valence-corrected chi connectivity index (χ4v) is 3.52. The Labute approximate surface area is 155 Å². The highest BCUT2D eigenvalue weighted by Crippen LogP contribution is 2.34. The number of likely N-dealkylation sites (tertiary alicyclic amines) is 1. The second kappa shape index (κ2) is 6.81. The number of hydrogen-bond donors (Lipinski definition) is 2. The number of carbonyl (C=O) groups is 1. The first-order valence-corrected chi connectivity index (χ1v) is 8.76. The van der Waals surface area contributed by atoms with Crippen LogP contribution in [0.5, 0.6) is 0 Å². The predicted molar refractivity (Wildman–Crippen MR) is 96.2 cm³/mol. The molecule has 4 heterocycles. The normalized spacial score (nSPS) is 15.5. The number of aromatic amines is 1. The van der Waals surface area contributed by atoms with Crippen LogP contribution in [0, 0.1) is 11.3 Å².